The van der Waals surface area contributed by atoms with Gasteiger partial charge in [-0.2, -0.15) is 0 Å². The maximum atomic E-state index is 2.50. The molecular formula is C84H56B2N4. The smallest absolute Gasteiger partial charge is 0.241 e. The Kier molecular flexibility index (Phi) is 12.1. The van der Waals surface area contributed by atoms with Crippen LogP contribution in [-0.4, -0.2) is 31.7 Å². The van der Waals surface area contributed by atoms with Crippen LogP contribution in [-0.2, 0) is 0 Å². The van der Waals surface area contributed by atoms with E-state index in [2.05, 4.69) is 358 Å². The Morgan fingerprint density at radius 3 is 0.922 bits per heavy atom. The SMILES string of the molecule is c1ccc(B(c2ccccc2)c2ccc3c(c2)c2cc(B(c4ccccc4)c4ccccc4)ccc2n3-c2cccc(-n3c4ccccc4c4cc5c6ccccc6n(-c6cccc(-c7ccc8c(c7)c7ccccc7n8-c7ccccc7)c6)c5cc43)c2)cc1. The summed E-state index contributed by atoms with van der Waals surface area (Å²) in [6.45, 7) is 0.0889. The molecule has 0 aliphatic carbocycles. The number of rotatable bonds is 11. The van der Waals surface area contributed by atoms with Gasteiger partial charge in [-0.05, 0) is 108 Å². The van der Waals surface area contributed by atoms with Crippen LogP contribution < -0.4 is 32.8 Å². The molecule has 18 rings (SSSR count). The van der Waals surface area contributed by atoms with E-state index in [4.69, 9.17) is 0 Å². The van der Waals surface area contributed by atoms with E-state index in [0.717, 1.165) is 50.3 Å². The zero-order valence-corrected chi connectivity index (χ0v) is 49.3. The molecule has 0 saturated carbocycles. The molecule has 4 heterocycles. The lowest BCUT2D eigenvalue weighted by Gasteiger charge is -2.16. The van der Waals surface area contributed by atoms with Gasteiger partial charge >= 0.3 is 0 Å². The molecule has 418 valence electrons. The first-order chi connectivity index (χ1) is 44.7. The molecule has 0 aliphatic rings. The van der Waals surface area contributed by atoms with Crippen molar-refractivity contribution in [3.8, 4) is 33.9 Å². The van der Waals surface area contributed by atoms with Crippen molar-refractivity contribution in [2.75, 3.05) is 0 Å². The highest BCUT2D eigenvalue weighted by molar-refractivity contribution is 6.96. The number of fused-ring (bicyclic) bond motifs is 12. The van der Waals surface area contributed by atoms with Crippen molar-refractivity contribution in [3.05, 3.63) is 340 Å². The number of para-hydroxylation sites is 4. The Bertz CT molecular complexity index is 5570. The van der Waals surface area contributed by atoms with E-state index >= 15 is 0 Å². The number of nitrogens with zero attached hydrogens (tertiary/aromatic N) is 4. The lowest BCUT2D eigenvalue weighted by molar-refractivity contribution is 1.13. The molecule has 0 atom stereocenters. The second-order valence-corrected chi connectivity index (χ2v) is 24.0. The van der Waals surface area contributed by atoms with Gasteiger partial charge in [-0.25, -0.2) is 0 Å². The van der Waals surface area contributed by atoms with Crippen LogP contribution in [0.3, 0.4) is 0 Å². The van der Waals surface area contributed by atoms with Gasteiger partial charge in [0.05, 0.1) is 44.1 Å². The van der Waals surface area contributed by atoms with Gasteiger partial charge in [0.25, 0.3) is 0 Å². The van der Waals surface area contributed by atoms with E-state index in [1.54, 1.807) is 0 Å². The van der Waals surface area contributed by atoms with Crippen molar-refractivity contribution in [2.45, 2.75) is 0 Å². The summed E-state index contributed by atoms with van der Waals surface area (Å²) in [6, 6.07) is 126. The fourth-order valence-electron chi connectivity index (χ4n) is 15.0. The molecule has 0 spiro atoms. The molecule has 0 N–H and O–H groups in total. The topological polar surface area (TPSA) is 19.7 Å². The summed E-state index contributed by atoms with van der Waals surface area (Å²) in [5.74, 6) is 0. The van der Waals surface area contributed by atoms with Crippen LogP contribution in [0.4, 0.5) is 0 Å². The van der Waals surface area contributed by atoms with Gasteiger partial charge in [-0.1, -0.05) is 275 Å². The van der Waals surface area contributed by atoms with Gasteiger partial charge in [-0.15, -0.1) is 0 Å². The molecular weight excluding hydrogens is 1090 g/mol. The maximum Gasteiger partial charge on any atom is 0.241 e. The van der Waals surface area contributed by atoms with E-state index in [-0.39, 0.29) is 13.4 Å². The van der Waals surface area contributed by atoms with Crippen LogP contribution in [0.15, 0.2) is 340 Å². The molecule has 90 heavy (non-hydrogen) atoms. The third-order valence-corrected chi connectivity index (χ3v) is 18.9. The van der Waals surface area contributed by atoms with Crippen LogP contribution in [0.5, 0.6) is 0 Å². The average molecular weight is 1140 g/mol. The standard InChI is InChI=1S/C84H56B2N4/c1-6-25-59(26-7-1)85(60-27-8-2-9-28-60)63-45-48-81-73(52-63)74-53-64(86(61-29-10-3-11-30-61)62-31-12-4-13-32-62)46-49-82(74)88(81)67-36-23-37-68(54-67)90-79-43-21-18-40-71(79)76-55-75-70-39-17-20-42-78(70)89(83(75)56-84(76)90)66-35-22-24-57(50-66)58-44-47-80-72(51-58)69-38-16-19-41-77(69)87(80)65-33-14-5-15-34-65/h1-56H. The molecule has 0 aliphatic heterocycles. The lowest BCUT2D eigenvalue weighted by Crippen LogP contribution is -2.52. The van der Waals surface area contributed by atoms with Crippen LogP contribution in [0, 0.1) is 0 Å². The van der Waals surface area contributed by atoms with Crippen LogP contribution in [0.1, 0.15) is 0 Å². The minimum absolute atomic E-state index is 0.0445. The van der Waals surface area contributed by atoms with Gasteiger partial charge in [-0.3, -0.25) is 0 Å². The molecule has 0 fully saturated rings. The van der Waals surface area contributed by atoms with Crippen molar-refractivity contribution in [3.63, 3.8) is 0 Å². The van der Waals surface area contributed by atoms with Crippen LogP contribution in [0.2, 0.25) is 0 Å². The first-order valence-electron chi connectivity index (χ1n) is 31.2. The Morgan fingerprint density at radius 1 is 0.156 bits per heavy atom. The quantitative estimate of drug-likeness (QED) is 0.115. The van der Waals surface area contributed by atoms with Gasteiger partial charge in [0, 0.05) is 65.8 Å². The van der Waals surface area contributed by atoms with Crippen molar-refractivity contribution < 1.29 is 0 Å². The second-order valence-electron chi connectivity index (χ2n) is 24.0. The minimum Gasteiger partial charge on any atom is -0.309 e. The lowest BCUT2D eigenvalue weighted by atomic mass is 9.36. The summed E-state index contributed by atoms with van der Waals surface area (Å²) in [7, 11) is 0. The number of aromatic nitrogens is 4. The highest BCUT2D eigenvalue weighted by atomic mass is 15.0. The Hall–Kier alpha value is -11.6. The first-order valence-corrected chi connectivity index (χ1v) is 31.2. The van der Waals surface area contributed by atoms with E-state index in [0.29, 0.717) is 0 Å². The first kappa shape index (κ1) is 51.6. The van der Waals surface area contributed by atoms with Crippen molar-refractivity contribution in [2.24, 2.45) is 0 Å². The van der Waals surface area contributed by atoms with Crippen molar-refractivity contribution in [1.29, 1.82) is 0 Å². The third kappa shape index (κ3) is 8.33. The summed E-state index contributed by atoms with van der Waals surface area (Å²) in [5.41, 5.74) is 23.8. The highest BCUT2D eigenvalue weighted by Gasteiger charge is 2.27. The Balaban J connectivity index is 0.817. The van der Waals surface area contributed by atoms with Crippen molar-refractivity contribution >= 4 is 133 Å². The fraction of sp³-hybridized carbons (Fsp3) is 0. The molecule has 14 aromatic carbocycles. The zero-order chi connectivity index (χ0) is 59.2. The van der Waals surface area contributed by atoms with E-state index in [9.17, 15) is 0 Å². The van der Waals surface area contributed by atoms with Gasteiger partial charge in [0.15, 0.2) is 0 Å². The van der Waals surface area contributed by atoms with Gasteiger partial charge < -0.3 is 18.3 Å². The monoisotopic (exact) mass is 1140 g/mol. The second kappa shape index (κ2) is 21.1. The predicted octanol–water partition coefficient (Wildman–Crippen LogP) is 16.8. The molecule has 0 unspecified atom stereocenters. The molecule has 0 amide bonds. The number of benzene rings is 14. The summed E-state index contributed by atoms with van der Waals surface area (Å²) < 4.78 is 9.85. The zero-order valence-electron chi connectivity index (χ0n) is 49.3. The normalized spacial score (nSPS) is 11.8. The third-order valence-electron chi connectivity index (χ3n) is 18.9. The Labute approximate surface area is 522 Å². The summed E-state index contributed by atoms with van der Waals surface area (Å²) in [6.07, 6.45) is 0. The van der Waals surface area contributed by atoms with Gasteiger partial charge in [0.1, 0.15) is 0 Å². The molecule has 4 nitrogen and oxygen atoms in total. The molecule has 6 heteroatoms. The molecule has 18 aromatic rings. The number of hydrogen-bond donors (Lipinski definition) is 0. The van der Waals surface area contributed by atoms with E-state index < -0.39 is 0 Å². The van der Waals surface area contributed by atoms with Crippen LogP contribution >= 0.6 is 0 Å². The maximum absolute atomic E-state index is 2.50. The van der Waals surface area contributed by atoms with Gasteiger partial charge in [0.2, 0.25) is 13.4 Å². The molecule has 4 aromatic heterocycles. The average Bonchev–Trinajstić information content (AvgIpc) is 1.69. The number of hydrogen-bond acceptors (Lipinski definition) is 0. The van der Waals surface area contributed by atoms with E-state index in [1.807, 2.05) is 0 Å². The minimum atomic E-state index is 0.0445. The van der Waals surface area contributed by atoms with Crippen molar-refractivity contribution in [1.82, 2.24) is 18.3 Å². The van der Waals surface area contributed by atoms with E-state index in [1.165, 1.54) is 104 Å². The summed E-state index contributed by atoms with van der Waals surface area (Å²) >= 11 is 0. The fourth-order valence-corrected chi connectivity index (χ4v) is 15.0. The van der Waals surface area contributed by atoms with Crippen LogP contribution in [0.25, 0.3) is 121 Å². The highest BCUT2D eigenvalue weighted by Crippen LogP contribution is 2.42. The molecule has 0 radical (unpaired) electrons. The largest absolute Gasteiger partial charge is 0.309 e. The predicted molar refractivity (Wildman–Crippen MR) is 384 cm³/mol. The summed E-state index contributed by atoms with van der Waals surface area (Å²) in [5, 5.41) is 9.81. The molecule has 0 bridgehead atoms. The summed E-state index contributed by atoms with van der Waals surface area (Å²) in [4.78, 5) is 0. The Morgan fingerprint density at radius 2 is 0.467 bits per heavy atom. The molecule has 0 saturated heterocycles.